The molecule has 0 aromatic carbocycles. The molecule has 0 N–H and O–H groups in total. The third-order valence-electron chi connectivity index (χ3n) is 5.55. The van der Waals surface area contributed by atoms with Gasteiger partial charge in [-0.2, -0.15) is 0 Å². The summed E-state index contributed by atoms with van der Waals surface area (Å²) >= 11 is 3.62. The van der Waals surface area contributed by atoms with Gasteiger partial charge in [0.2, 0.25) is 0 Å². The summed E-state index contributed by atoms with van der Waals surface area (Å²) in [5.41, 5.74) is -0.657. The zero-order chi connectivity index (χ0) is 20.2. The fourth-order valence-electron chi connectivity index (χ4n) is 4.22. The fraction of sp³-hybridized carbons (Fsp3) is 0.850. The van der Waals surface area contributed by atoms with Crippen LogP contribution in [0.15, 0.2) is 9.67 Å². The Kier molecular flexibility index (Phi) is 9.23. The van der Waals surface area contributed by atoms with Crippen molar-refractivity contribution in [2.45, 2.75) is 72.8 Å². The van der Waals surface area contributed by atoms with Crippen molar-refractivity contribution >= 4 is 44.0 Å². The molecule has 152 valence electrons. The molecule has 0 aromatic heterocycles. The number of esters is 1. The summed E-state index contributed by atoms with van der Waals surface area (Å²) in [5.74, 6) is 0.590. The number of hydrogen-bond donors (Lipinski definition) is 0. The Labute approximate surface area is 171 Å². The number of hydrogen-bond acceptors (Lipinski definition) is 3. The number of carbonyl (C=O) groups excluding carboxylic acids is 1. The maximum absolute atomic E-state index is 13.3. The molecule has 3 atom stereocenters. The molecular weight excluding hydrogens is 470 g/mol. The first kappa shape index (κ1) is 24.5. The molecule has 1 rings (SSSR count). The van der Waals surface area contributed by atoms with Crippen LogP contribution in [-0.4, -0.2) is 58.1 Å². The Bertz CT molecular complexity index is 510. The van der Waals surface area contributed by atoms with Gasteiger partial charge in [0.1, 0.15) is 0 Å². The van der Waals surface area contributed by atoms with Crippen molar-refractivity contribution in [2.75, 3.05) is 19.6 Å². The molecule has 3 nitrogen and oxygen atoms in total. The minimum atomic E-state index is -2.56. The third kappa shape index (κ3) is 5.74. The van der Waals surface area contributed by atoms with Crippen LogP contribution in [-0.2, 0) is 14.3 Å². The van der Waals surface area contributed by atoms with E-state index in [0.717, 1.165) is 18.9 Å². The number of carbonyl (C=O) groups is 1. The molecule has 0 fully saturated rings. The van der Waals surface area contributed by atoms with Gasteiger partial charge in [-0.15, -0.1) is 0 Å². The van der Waals surface area contributed by atoms with Crippen molar-refractivity contribution in [2.24, 2.45) is 11.3 Å². The summed E-state index contributed by atoms with van der Waals surface area (Å²) in [6, 6.07) is 1.09. The zero-order valence-electron chi connectivity index (χ0n) is 18.1. The van der Waals surface area contributed by atoms with E-state index >= 15 is 0 Å². The van der Waals surface area contributed by atoms with Gasteiger partial charge in [-0.1, -0.05) is 0 Å². The SMILES string of the molecule is COC(=O)[C@]1([C@H](CCCl)OCC[Si](C)(C)C)[C]([Sn]([CH3])([CH3])[CH3])=CCC[C@@H]1C. The van der Waals surface area contributed by atoms with Gasteiger partial charge in [-0.25, -0.2) is 0 Å². The van der Waals surface area contributed by atoms with Gasteiger partial charge in [0.15, 0.2) is 0 Å². The number of alkyl halides is 1. The van der Waals surface area contributed by atoms with E-state index in [4.69, 9.17) is 21.1 Å². The summed E-state index contributed by atoms with van der Waals surface area (Å²) in [5, 5.41) is 0. The average molecular weight is 510 g/mol. The fourth-order valence-corrected chi connectivity index (χ4v) is 12.3. The monoisotopic (exact) mass is 510 g/mol. The standard InChI is InChI=1S/C17H30ClO3Si.3CH3.Sn/c1-14-8-6-7-10-17(14,16(19)20-2)15(9-11-18)21-12-13-22(3,4)5;;;;/h7,14-15H,6,8-9,11-13H2,1-5H3;3*1H3;/t14-,15-,17+;;;;/m0..../s1. The summed E-state index contributed by atoms with van der Waals surface area (Å²) in [6.07, 6.45) is 4.88. The van der Waals surface area contributed by atoms with Crippen molar-refractivity contribution in [3.05, 3.63) is 9.67 Å². The normalized spacial score (nSPS) is 25.6. The second-order valence-electron chi connectivity index (χ2n) is 9.85. The van der Waals surface area contributed by atoms with Crippen LogP contribution in [0, 0.1) is 11.3 Å². The van der Waals surface area contributed by atoms with Crippen molar-refractivity contribution in [3.63, 3.8) is 0 Å². The van der Waals surface area contributed by atoms with Crippen LogP contribution in [0.4, 0.5) is 0 Å². The number of halogens is 1. The van der Waals surface area contributed by atoms with Gasteiger partial charge >= 0.3 is 172 Å². The Morgan fingerprint density at radius 3 is 2.46 bits per heavy atom. The van der Waals surface area contributed by atoms with E-state index in [1.165, 1.54) is 10.7 Å². The number of rotatable bonds is 9. The molecule has 0 amide bonds. The van der Waals surface area contributed by atoms with E-state index in [2.05, 4.69) is 47.5 Å². The molecule has 0 aliphatic heterocycles. The summed E-state index contributed by atoms with van der Waals surface area (Å²) < 4.78 is 13.2. The van der Waals surface area contributed by atoms with E-state index in [-0.39, 0.29) is 18.0 Å². The first-order valence-electron chi connectivity index (χ1n) is 9.88. The van der Waals surface area contributed by atoms with Crippen LogP contribution < -0.4 is 0 Å². The van der Waals surface area contributed by atoms with Crippen LogP contribution in [0.2, 0.25) is 40.5 Å². The molecule has 0 saturated carbocycles. The number of methoxy groups -OCH3 is 1. The maximum atomic E-state index is 13.3. The van der Waals surface area contributed by atoms with Crippen LogP contribution in [0.5, 0.6) is 0 Å². The van der Waals surface area contributed by atoms with Gasteiger partial charge in [0.25, 0.3) is 0 Å². The second kappa shape index (κ2) is 9.79. The van der Waals surface area contributed by atoms with E-state index in [9.17, 15) is 4.79 Å². The molecule has 0 radical (unpaired) electrons. The van der Waals surface area contributed by atoms with E-state index in [1.807, 2.05) is 0 Å². The topological polar surface area (TPSA) is 35.5 Å². The first-order valence-corrected chi connectivity index (χ1v) is 24.1. The Morgan fingerprint density at radius 2 is 2.00 bits per heavy atom. The Balaban J connectivity index is 3.38. The van der Waals surface area contributed by atoms with E-state index in [0.29, 0.717) is 18.9 Å². The van der Waals surface area contributed by atoms with Crippen LogP contribution in [0.1, 0.15) is 26.2 Å². The van der Waals surface area contributed by atoms with Gasteiger partial charge in [0.05, 0.1) is 0 Å². The molecule has 1 aliphatic rings. The minimum absolute atomic E-state index is 0.120. The summed E-state index contributed by atoms with van der Waals surface area (Å²) in [6.45, 7) is 9.95. The molecule has 0 spiro atoms. The Hall–Kier alpha value is 0.476. The molecule has 0 saturated heterocycles. The van der Waals surface area contributed by atoms with Crippen molar-refractivity contribution in [3.8, 4) is 0 Å². The van der Waals surface area contributed by atoms with Crippen LogP contribution >= 0.6 is 11.6 Å². The first-order chi connectivity index (χ1) is 11.9. The van der Waals surface area contributed by atoms with Crippen LogP contribution in [0.3, 0.4) is 0 Å². The van der Waals surface area contributed by atoms with Gasteiger partial charge < -0.3 is 0 Å². The van der Waals surface area contributed by atoms with Crippen molar-refractivity contribution in [1.82, 2.24) is 0 Å². The van der Waals surface area contributed by atoms with Gasteiger partial charge in [-0.3, -0.25) is 0 Å². The van der Waals surface area contributed by atoms with Crippen LogP contribution in [0.25, 0.3) is 0 Å². The molecule has 0 bridgehead atoms. The molecular formula is C20H39ClO3SiSn. The van der Waals surface area contributed by atoms with E-state index in [1.54, 1.807) is 0 Å². The predicted octanol–water partition coefficient (Wildman–Crippen LogP) is 5.73. The molecule has 0 unspecified atom stereocenters. The van der Waals surface area contributed by atoms with Gasteiger partial charge in [0, 0.05) is 0 Å². The molecule has 1 aliphatic carbocycles. The number of ether oxygens (including phenoxy) is 2. The zero-order valence-corrected chi connectivity index (χ0v) is 22.7. The number of allylic oxidation sites excluding steroid dienone is 1. The average Bonchev–Trinajstić information content (AvgIpc) is 2.51. The van der Waals surface area contributed by atoms with E-state index < -0.39 is 31.9 Å². The molecule has 26 heavy (non-hydrogen) atoms. The summed E-state index contributed by atoms with van der Waals surface area (Å²) in [4.78, 5) is 20.4. The predicted molar refractivity (Wildman–Crippen MR) is 118 cm³/mol. The molecule has 0 heterocycles. The van der Waals surface area contributed by atoms with Gasteiger partial charge in [-0.05, 0) is 0 Å². The molecule has 6 heteroatoms. The summed E-state index contributed by atoms with van der Waals surface area (Å²) in [7, 11) is 0.312. The quantitative estimate of drug-likeness (QED) is 0.226. The second-order valence-corrected chi connectivity index (χ2v) is 30.2. The van der Waals surface area contributed by atoms with Crippen molar-refractivity contribution < 1.29 is 14.3 Å². The Morgan fingerprint density at radius 1 is 1.38 bits per heavy atom. The third-order valence-corrected chi connectivity index (χ3v) is 13.9. The van der Waals surface area contributed by atoms with Crippen molar-refractivity contribution in [1.29, 1.82) is 0 Å². The molecule has 0 aromatic rings.